The molecule has 1 aromatic rings. The number of rotatable bonds is 1. The number of benzene rings is 1. The predicted molar refractivity (Wildman–Crippen MR) is 85.4 cm³/mol. The van der Waals surface area contributed by atoms with E-state index in [2.05, 4.69) is 44.3 Å². The van der Waals surface area contributed by atoms with Crippen LogP contribution in [0.25, 0.3) is 0 Å². The molecule has 3 rings (SSSR count). The van der Waals surface area contributed by atoms with Crippen molar-refractivity contribution in [2.75, 3.05) is 23.1 Å². The van der Waals surface area contributed by atoms with Gasteiger partial charge in [-0.1, -0.05) is 32.9 Å². The van der Waals surface area contributed by atoms with Crippen molar-refractivity contribution in [1.29, 1.82) is 0 Å². The van der Waals surface area contributed by atoms with Crippen LogP contribution in [0, 0.1) is 0 Å². The molecule has 20 heavy (non-hydrogen) atoms. The lowest BCUT2D eigenvalue weighted by Crippen LogP contribution is -2.44. The lowest BCUT2D eigenvalue weighted by Gasteiger charge is -2.23. The van der Waals surface area contributed by atoms with E-state index in [0.717, 1.165) is 30.3 Å². The van der Waals surface area contributed by atoms with E-state index in [4.69, 9.17) is 0 Å². The van der Waals surface area contributed by atoms with Crippen molar-refractivity contribution in [3.63, 3.8) is 0 Å². The van der Waals surface area contributed by atoms with E-state index in [1.807, 2.05) is 4.90 Å². The van der Waals surface area contributed by atoms with Gasteiger partial charge in [-0.05, 0) is 29.0 Å². The Balaban J connectivity index is 1.85. The summed E-state index contributed by atoms with van der Waals surface area (Å²) in [6.45, 7) is 7.51. The fourth-order valence-electron chi connectivity index (χ4n) is 2.84. The molecule has 108 valence electrons. The Morgan fingerprint density at radius 1 is 1.40 bits per heavy atom. The van der Waals surface area contributed by atoms with Crippen LogP contribution in [0.2, 0.25) is 0 Å². The standard InChI is InChI=1S/C16H22N2OS/c1-16(2,3)12-4-5-14-11(8-12)6-7-18(14)15(19)13-9-20-10-17-13/h4-5,8,13,17H,6-7,9-10H2,1-3H3. The summed E-state index contributed by atoms with van der Waals surface area (Å²) in [5, 5.41) is 3.27. The zero-order valence-corrected chi connectivity index (χ0v) is 13.2. The van der Waals surface area contributed by atoms with Crippen LogP contribution in [0.1, 0.15) is 31.9 Å². The molecule has 1 fully saturated rings. The zero-order chi connectivity index (χ0) is 14.3. The van der Waals surface area contributed by atoms with E-state index in [-0.39, 0.29) is 17.4 Å². The molecule has 0 bridgehead atoms. The molecule has 0 radical (unpaired) electrons. The van der Waals surface area contributed by atoms with Crippen molar-refractivity contribution in [1.82, 2.24) is 5.32 Å². The molecule has 1 aromatic carbocycles. The van der Waals surface area contributed by atoms with Gasteiger partial charge in [0, 0.05) is 23.9 Å². The summed E-state index contributed by atoms with van der Waals surface area (Å²) < 4.78 is 0. The number of carbonyl (C=O) groups excluding carboxylic acids is 1. The average molecular weight is 290 g/mol. The number of hydrogen-bond acceptors (Lipinski definition) is 3. The number of fused-ring (bicyclic) bond motifs is 1. The molecule has 2 heterocycles. The van der Waals surface area contributed by atoms with Crippen molar-refractivity contribution in [2.24, 2.45) is 0 Å². The number of hydrogen-bond donors (Lipinski definition) is 1. The van der Waals surface area contributed by atoms with Crippen molar-refractivity contribution >= 4 is 23.4 Å². The highest BCUT2D eigenvalue weighted by atomic mass is 32.2. The van der Waals surface area contributed by atoms with Gasteiger partial charge in [0.15, 0.2) is 0 Å². The van der Waals surface area contributed by atoms with Gasteiger partial charge in [-0.25, -0.2) is 0 Å². The minimum Gasteiger partial charge on any atom is -0.310 e. The van der Waals surface area contributed by atoms with E-state index in [1.54, 1.807) is 11.8 Å². The lowest BCUT2D eigenvalue weighted by molar-refractivity contribution is -0.119. The molecule has 1 amide bonds. The molecule has 1 unspecified atom stereocenters. The van der Waals surface area contributed by atoms with Crippen LogP contribution in [0.15, 0.2) is 18.2 Å². The van der Waals surface area contributed by atoms with Crippen LogP contribution in [-0.2, 0) is 16.6 Å². The van der Waals surface area contributed by atoms with Crippen LogP contribution in [0.3, 0.4) is 0 Å². The van der Waals surface area contributed by atoms with Crippen LogP contribution < -0.4 is 10.2 Å². The summed E-state index contributed by atoms with van der Waals surface area (Å²) in [6.07, 6.45) is 0.977. The van der Waals surface area contributed by atoms with Gasteiger partial charge in [0.05, 0.1) is 6.04 Å². The number of amides is 1. The first-order chi connectivity index (χ1) is 9.47. The summed E-state index contributed by atoms with van der Waals surface area (Å²) in [4.78, 5) is 14.5. The average Bonchev–Trinajstić information content (AvgIpc) is 3.06. The molecule has 3 nitrogen and oxygen atoms in total. The fraction of sp³-hybridized carbons (Fsp3) is 0.562. The summed E-state index contributed by atoms with van der Waals surface area (Å²) in [5.41, 5.74) is 3.94. The zero-order valence-electron chi connectivity index (χ0n) is 12.4. The quantitative estimate of drug-likeness (QED) is 0.862. The summed E-state index contributed by atoms with van der Waals surface area (Å²) >= 11 is 1.80. The smallest absolute Gasteiger partial charge is 0.245 e. The Hall–Kier alpha value is -1.000. The van der Waals surface area contributed by atoms with Crippen LogP contribution in [0.5, 0.6) is 0 Å². The molecule has 2 aliphatic heterocycles. The normalized spacial score (nSPS) is 22.1. The predicted octanol–water partition coefficient (Wildman–Crippen LogP) is 2.54. The number of nitrogens with one attached hydrogen (secondary N) is 1. The number of anilines is 1. The van der Waals surface area contributed by atoms with E-state index in [9.17, 15) is 4.79 Å². The van der Waals surface area contributed by atoms with Gasteiger partial charge in [-0.2, -0.15) is 0 Å². The second kappa shape index (κ2) is 5.08. The Morgan fingerprint density at radius 2 is 2.20 bits per heavy atom. The van der Waals surface area contributed by atoms with Gasteiger partial charge in [0.25, 0.3) is 0 Å². The maximum atomic E-state index is 12.5. The van der Waals surface area contributed by atoms with Crippen LogP contribution >= 0.6 is 11.8 Å². The van der Waals surface area contributed by atoms with E-state index in [1.165, 1.54) is 11.1 Å². The molecule has 0 spiro atoms. The van der Waals surface area contributed by atoms with Gasteiger partial charge in [-0.15, -0.1) is 11.8 Å². The maximum absolute atomic E-state index is 12.5. The summed E-state index contributed by atoms with van der Waals surface area (Å²) in [5.74, 6) is 2.02. The van der Waals surface area contributed by atoms with Crippen LogP contribution in [0.4, 0.5) is 5.69 Å². The molecule has 4 heteroatoms. The first-order valence-electron chi connectivity index (χ1n) is 7.23. The highest BCUT2D eigenvalue weighted by Crippen LogP contribution is 2.33. The second-order valence-corrected chi connectivity index (χ2v) is 7.64. The molecule has 1 N–H and O–H groups in total. The van der Waals surface area contributed by atoms with Crippen molar-refractivity contribution in [2.45, 2.75) is 38.6 Å². The third-order valence-corrected chi connectivity index (χ3v) is 5.06. The Bertz CT molecular complexity index is 530. The first kappa shape index (κ1) is 14.0. The Kier molecular flexibility index (Phi) is 3.55. The molecular formula is C16H22N2OS. The molecule has 1 saturated heterocycles. The minimum atomic E-state index is -0.00626. The Labute approximate surface area is 125 Å². The minimum absolute atomic E-state index is 0.00626. The molecule has 0 saturated carbocycles. The molecule has 0 aliphatic carbocycles. The topological polar surface area (TPSA) is 32.3 Å². The van der Waals surface area contributed by atoms with E-state index < -0.39 is 0 Å². The van der Waals surface area contributed by atoms with Gasteiger partial charge in [0.1, 0.15) is 0 Å². The summed E-state index contributed by atoms with van der Waals surface area (Å²) in [7, 11) is 0. The number of nitrogens with zero attached hydrogens (tertiary/aromatic N) is 1. The van der Waals surface area contributed by atoms with Gasteiger partial charge in [0.2, 0.25) is 5.91 Å². The number of thioether (sulfide) groups is 1. The largest absolute Gasteiger partial charge is 0.310 e. The third-order valence-electron chi connectivity index (χ3n) is 4.12. The molecular weight excluding hydrogens is 268 g/mol. The van der Waals surface area contributed by atoms with Crippen molar-refractivity contribution in [3.05, 3.63) is 29.3 Å². The monoisotopic (exact) mass is 290 g/mol. The van der Waals surface area contributed by atoms with Crippen LogP contribution in [-0.4, -0.2) is 30.1 Å². The molecule has 2 aliphatic rings. The maximum Gasteiger partial charge on any atom is 0.245 e. The van der Waals surface area contributed by atoms with E-state index >= 15 is 0 Å². The van der Waals surface area contributed by atoms with Gasteiger partial charge < -0.3 is 4.90 Å². The molecule has 0 aromatic heterocycles. The van der Waals surface area contributed by atoms with Crippen molar-refractivity contribution in [3.8, 4) is 0 Å². The van der Waals surface area contributed by atoms with Gasteiger partial charge >= 0.3 is 0 Å². The molecule has 1 atom stereocenters. The van der Waals surface area contributed by atoms with Crippen molar-refractivity contribution < 1.29 is 4.79 Å². The number of carbonyl (C=O) groups is 1. The highest BCUT2D eigenvalue weighted by molar-refractivity contribution is 7.99. The van der Waals surface area contributed by atoms with Gasteiger partial charge in [-0.3, -0.25) is 10.1 Å². The first-order valence-corrected chi connectivity index (χ1v) is 8.38. The highest BCUT2D eigenvalue weighted by Gasteiger charge is 2.32. The second-order valence-electron chi connectivity index (χ2n) is 6.61. The summed E-state index contributed by atoms with van der Waals surface area (Å²) in [6, 6.07) is 6.57. The lowest BCUT2D eigenvalue weighted by atomic mass is 9.86. The SMILES string of the molecule is CC(C)(C)c1ccc2c(c1)CCN2C(=O)C1CSCN1. The fourth-order valence-corrected chi connectivity index (χ4v) is 3.77. The van der Waals surface area contributed by atoms with E-state index in [0.29, 0.717) is 0 Å². The Morgan fingerprint density at radius 3 is 2.85 bits per heavy atom. The third kappa shape index (κ3) is 2.47.